The third kappa shape index (κ3) is 3.55. The van der Waals surface area contributed by atoms with Crippen molar-refractivity contribution in [3.8, 4) is 5.75 Å². The van der Waals surface area contributed by atoms with Gasteiger partial charge in [0, 0.05) is 18.9 Å². The smallest absolute Gasteiger partial charge is 0.154 e. The van der Waals surface area contributed by atoms with Crippen molar-refractivity contribution in [2.45, 2.75) is 32.2 Å². The van der Waals surface area contributed by atoms with E-state index in [9.17, 15) is 5.11 Å². The van der Waals surface area contributed by atoms with Crippen LogP contribution in [0.4, 0.5) is 0 Å². The minimum atomic E-state index is -0.849. The van der Waals surface area contributed by atoms with E-state index < -0.39 is 18.3 Å². The molecule has 0 saturated carbocycles. The van der Waals surface area contributed by atoms with E-state index in [2.05, 4.69) is 0 Å². The van der Waals surface area contributed by atoms with E-state index in [0.29, 0.717) is 19.0 Å². The lowest BCUT2D eigenvalue weighted by Crippen LogP contribution is -2.36. The van der Waals surface area contributed by atoms with Gasteiger partial charge in [-0.15, -0.1) is 0 Å². The molecule has 0 bridgehead atoms. The summed E-state index contributed by atoms with van der Waals surface area (Å²) in [5.74, 6) is 1.53. The number of hydrogen-bond donors (Lipinski definition) is 1. The second-order valence-electron chi connectivity index (χ2n) is 7.09. The van der Waals surface area contributed by atoms with Crippen molar-refractivity contribution in [3.63, 3.8) is 0 Å². The Bertz CT molecular complexity index is 1010. The quantitative estimate of drug-likeness (QED) is 0.640. The zero-order valence-corrected chi connectivity index (χ0v) is 16.9. The number of aliphatic hydroxyl groups is 1. The van der Waals surface area contributed by atoms with E-state index in [1.54, 1.807) is 7.11 Å². The third-order valence-corrected chi connectivity index (χ3v) is 5.21. The lowest BCUT2D eigenvalue weighted by Gasteiger charge is -2.37. The van der Waals surface area contributed by atoms with Crippen LogP contribution in [-0.2, 0) is 9.47 Å². The average molecular weight is 394 g/mol. The van der Waals surface area contributed by atoms with Crippen molar-refractivity contribution < 1.29 is 19.3 Å². The number of methoxy groups -OCH3 is 1. The van der Waals surface area contributed by atoms with Crippen molar-refractivity contribution in [3.05, 3.63) is 65.5 Å². The molecule has 0 amide bonds. The zero-order chi connectivity index (χ0) is 20.4. The Morgan fingerprint density at radius 1 is 1.17 bits per heavy atom. The van der Waals surface area contributed by atoms with Gasteiger partial charge in [0.25, 0.3) is 0 Å². The topological polar surface area (TPSA) is 65.7 Å². The Balaban J connectivity index is 1.84. The van der Waals surface area contributed by atoms with Crippen molar-refractivity contribution >= 4 is 17.2 Å². The molecule has 0 fully saturated rings. The van der Waals surface area contributed by atoms with Crippen molar-refractivity contribution in [1.82, 2.24) is 9.55 Å². The van der Waals surface area contributed by atoms with E-state index in [1.165, 1.54) is 0 Å². The third-order valence-electron chi connectivity index (χ3n) is 5.21. The number of hydrogen-bond acceptors (Lipinski definition) is 5. The molecule has 0 radical (unpaired) electrons. The highest BCUT2D eigenvalue weighted by molar-refractivity contribution is 5.86. The summed E-state index contributed by atoms with van der Waals surface area (Å²) in [5, 5.41) is 11.1. The second-order valence-corrected chi connectivity index (χ2v) is 7.09. The highest BCUT2D eigenvalue weighted by atomic mass is 16.5. The predicted octanol–water partition coefficient (Wildman–Crippen LogP) is 4.03. The van der Waals surface area contributed by atoms with Crippen LogP contribution in [0.1, 0.15) is 36.1 Å². The van der Waals surface area contributed by atoms with Crippen molar-refractivity contribution in [1.29, 1.82) is 0 Å². The highest BCUT2D eigenvalue weighted by Gasteiger charge is 2.40. The number of rotatable bonds is 6. The van der Waals surface area contributed by atoms with E-state index in [1.807, 2.05) is 73.2 Å². The summed E-state index contributed by atoms with van der Waals surface area (Å²) in [6.45, 7) is 4.77. The maximum atomic E-state index is 11.1. The number of ether oxygens (including phenoxy) is 3. The first-order chi connectivity index (χ1) is 14.2. The monoisotopic (exact) mass is 394 g/mol. The van der Waals surface area contributed by atoms with E-state index in [4.69, 9.17) is 19.2 Å². The standard InChI is InChI=1S/C23H26N2O4/c1-4-12-25-15(2)24-19-18(25)11-10-17-22(19)29-21(16-8-6-5-7-9-16)20(26)23(17)28-14-13-27-3/h4-12,20-21,23,26H,13-14H2,1-3H3/b12-4-/t20-,21-,23-/m1/s1. The van der Waals surface area contributed by atoms with Gasteiger partial charge in [0.2, 0.25) is 0 Å². The van der Waals surface area contributed by atoms with Crippen LogP contribution in [0, 0.1) is 6.92 Å². The summed E-state index contributed by atoms with van der Waals surface area (Å²) in [7, 11) is 1.63. The minimum Gasteiger partial charge on any atom is -0.480 e. The highest BCUT2D eigenvalue weighted by Crippen LogP contribution is 2.46. The van der Waals surface area contributed by atoms with E-state index >= 15 is 0 Å². The van der Waals surface area contributed by atoms with Gasteiger partial charge in [-0.05, 0) is 25.5 Å². The van der Waals surface area contributed by atoms with E-state index in [-0.39, 0.29) is 0 Å². The molecule has 152 valence electrons. The Labute approximate surface area is 170 Å². The number of aliphatic hydroxyl groups excluding tert-OH is 1. The Hall–Kier alpha value is -2.67. The fourth-order valence-electron chi connectivity index (χ4n) is 3.85. The summed E-state index contributed by atoms with van der Waals surface area (Å²) in [6, 6.07) is 13.7. The molecule has 3 aromatic rings. The van der Waals surface area contributed by atoms with Crippen molar-refractivity contribution in [2.24, 2.45) is 0 Å². The molecule has 0 aliphatic carbocycles. The Kier molecular flexibility index (Phi) is 5.67. The SMILES string of the molecule is C/C=C\n1c(C)nc2c3c(ccc21)[C@@H](OCCOC)[C@H](O)[C@@H](c1ccccc1)O3. The molecule has 1 aliphatic rings. The molecule has 4 rings (SSSR count). The molecule has 1 aromatic heterocycles. The van der Waals surface area contributed by atoms with Crippen molar-refractivity contribution in [2.75, 3.05) is 20.3 Å². The Morgan fingerprint density at radius 3 is 2.69 bits per heavy atom. The molecule has 29 heavy (non-hydrogen) atoms. The zero-order valence-electron chi connectivity index (χ0n) is 16.9. The van der Waals surface area contributed by atoms with Gasteiger partial charge in [0.1, 0.15) is 23.5 Å². The molecule has 6 heteroatoms. The molecular formula is C23H26N2O4. The minimum absolute atomic E-state index is 0.378. The molecular weight excluding hydrogens is 368 g/mol. The number of nitrogens with zero attached hydrogens (tertiary/aromatic N) is 2. The van der Waals surface area contributed by atoms with Gasteiger partial charge in [-0.2, -0.15) is 0 Å². The number of aryl methyl sites for hydroxylation is 1. The first-order valence-corrected chi connectivity index (χ1v) is 9.80. The van der Waals surface area contributed by atoms with Gasteiger partial charge in [-0.3, -0.25) is 0 Å². The molecule has 0 unspecified atom stereocenters. The van der Waals surface area contributed by atoms with Crippen LogP contribution < -0.4 is 4.74 Å². The fraction of sp³-hybridized carbons (Fsp3) is 0.348. The van der Waals surface area contributed by atoms with Gasteiger partial charge >= 0.3 is 0 Å². The molecule has 0 saturated heterocycles. The first kappa shape index (κ1) is 19.6. The summed E-state index contributed by atoms with van der Waals surface area (Å²) in [6.07, 6.45) is 2.03. The summed E-state index contributed by atoms with van der Waals surface area (Å²) in [5.41, 5.74) is 3.43. The average Bonchev–Trinajstić information content (AvgIpc) is 3.06. The molecule has 1 N–H and O–H groups in total. The van der Waals surface area contributed by atoms with Crippen LogP contribution >= 0.6 is 0 Å². The van der Waals surface area contributed by atoms with Gasteiger partial charge in [-0.25, -0.2) is 4.98 Å². The molecule has 0 spiro atoms. The predicted molar refractivity (Wildman–Crippen MR) is 112 cm³/mol. The summed E-state index contributed by atoms with van der Waals surface area (Å²) >= 11 is 0. The molecule has 1 aliphatic heterocycles. The van der Waals surface area contributed by atoms with Gasteiger partial charge < -0.3 is 23.9 Å². The second kappa shape index (κ2) is 8.37. The molecule has 2 heterocycles. The fourth-order valence-corrected chi connectivity index (χ4v) is 3.85. The van der Waals surface area contributed by atoms with Crippen LogP contribution in [0.25, 0.3) is 17.2 Å². The van der Waals surface area contributed by atoms with Crippen LogP contribution in [0.5, 0.6) is 5.75 Å². The lowest BCUT2D eigenvalue weighted by molar-refractivity contribution is -0.108. The maximum Gasteiger partial charge on any atom is 0.154 e. The van der Waals surface area contributed by atoms with E-state index in [0.717, 1.165) is 28.0 Å². The van der Waals surface area contributed by atoms with Crippen LogP contribution in [0.3, 0.4) is 0 Å². The largest absolute Gasteiger partial charge is 0.480 e. The Morgan fingerprint density at radius 2 is 1.97 bits per heavy atom. The molecule has 2 aromatic carbocycles. The molecule has 6 nitrogen and oxygen atoms in total. The van der Waals surface area contributed by atoms with Crippen LogP contribution in [-0.4, -0.2) is 41.1 Å². The summed E-state index contributed by atoms with van der Waals surface area (Å²) in [4.78, 5) is 4.75. The lowest BCUT2D eigenvalue weighted by atomic mass is 9.91. The normalized spacial score (nSPS) is 21.4. The van der Waals surface area contributed by atoms with Crippen LogP contribution in [0.2, 0.25) is 0 Å². The first-order valence-electron chi connectivity index (χ1n) is 9.80. The number of aromatic nitrogens is 2. The van der Waals surface area contributed by atoms with Gasteiger partial charge in [-0.1, -0.05) is 42.5 Å². The summed E-state index contributed by atoms with van der Waals surface area (Å²) < 4.78 is 19.6. The molecule has 3 atom stereocenters. The van der Waals surface area contributed by atoms with Gasteiger partial charge in [0.05, 0.1) is 18.7 Å². The number of imidazole rings is 1. The maximum absolute atomic E-state index is 11.1. The number of fused-ring (bicyclic) bond motifs is 3. The van der Waals surface area contributed by atoms with Gasteiger partial charge in [0.15, 0.2) is 11.9 Å². The van der Waals surface area contributed by atoms with Crippen LogP contribution in [0.15, 0.2) is 48.5 Å². The number of allylic oxidation sites excluding steroid dienone is 1. The number of benzene rings is 2.